The first-order valence-corrected chi connectivity index (χ1v) is 6.01. The Morgan fingerprint density at radius 1 is 1.43 bits per heavy atom. The van der Waals surface area contributed by atoms with Gasteiger partial charge in [0.15, 0.2) is 0 Å². The van der Waals surface area contributed by atoms with Crippen LogP contribution in [0, 0.1) is 0 Å². The molecule has 0 aromatic heterocycles. The van der Waals surface area contributed by atoms with Crippen LogP contribution in [0.1, 0.15) is 42.7 Å². The number of nitrogens with two attached hydrogens (primary N) is 1. The van der Waals surface area contributed by atoms with Gasteiger partial charge in [0.05, 0.1) is 0 Å². The molecule has 0 fully saturated rings. The van der Waals surface area contributed by atoms with Gasteiger partial charge in [-0.05, 0) is 54.5 Å². The van der Waals surface area contributed by atoms with Crippen molar-refractivity contribution in [2.75, 3.05) is 6.54 Å². The lowest BCUT2D eigenvalue weighted by atomic mass is 9.98. The number of hydrogen-bond acceptors (Lipinski definition) is 1. The van der Waals surface area contributed by atoms with E-state index in [0.717, 1.165) is 13.0 Å². The van der Waals surface area contributed by atoms with E-state index in [-0.39, 0.29) is 0 Å². The van der Waals surface area contributed by atoms with Gasteiger partial charge >= 0.3 is 0 Å². The summed E-state index contributed by atoms with van der Waals surface area (Å²) in [6.45, 7) is 3.10. The van der Waals surface area contributed by atoms with E-state index in [4.69, 9.17) is 5.73 Å². The minimum Gasteiger partial charge on any atom is -0.330 e. The van der Waals surface area contributed by atoms with E-state index in [1.165, 1.54) is 22.0 Å². The molecule has 2 N–H and O–H groups in total. The van der Waals surface area contributed by atoms with E-state index >= 15 is 0 Å². The summed E-state index contributed by atoms with van der Waals surface area (Å²) in [5.74, 6) is 1.39. The topological polar surface area (TPSA) is 26.0 Å². The van der Waals surface area contributed by atoms with Crippen LogP contribution in [-0.2, 0) is 0 Å². The maximum atomic E-state index is 5.64. The molecular formula is C12H16BrN. The second-order valence-electron chi connectivity index (χ2n) is 4.18. The molecule has 2 atom stereocenters. The summed E-state index contributed by atoms with van der Waals surface area (Å²) in [6.07, 6.45) is 2.39. The highest BCUT2D eigenvalue weighted by molar-refractivity contribution is 9.10. The van der Waals surface area contributed by atoms with Crippen LogP contribution in [0.25, 0.3) is 0 Å². The van der Waals surface area contributed by atoms with Crippen molar-refractivity contribution in [3.63, 3.8) is 0 Å². The standard InChI is InChI=1S/C12H16BrN/c1-8-6-9(4-5-14)12-7-10(13)2-3-11(8)12/h2-3,7-9H,4-6,14H2,1H3. The summed E-state index contributed by atoms with van der Waals surface area (Å²) in [7, 11) is 0. The van der Waals surface area contributed by atoms with Crippen molar-refractivity contribution in [2.45, 2.75) is 31.6 Å². The first-order chi connectivity index (χ1) is 6.72. The van der Waals surface area contributed by atoms with Crippen molar-refractivity contribution in [2.24, 2.45) is 5.73 Å². The van der Waals surface area contributed by atoms with E-state index in [1.807, 2.05) is 0 Å². The Balaban J connectivity index is 2.35. The van der Waals surface area contributed by atoms with Gasteiger partial charge in [0.25, 0.3) is 0 Å². The first-order valence-electron chi connectivity index (χ1n) is 5.21. The number of fused-ring (bicyclic) bond motifs is 1. The van der Waals surface area contributed by atoms with Crippen LogP contribution in [0.2, 0.25) is 0 Å². The third-order valence-electron chi connectivity index (χ3n) is 3.17. The predicted molar refractivity (Wildman–Crippen MR) is 63.6 cm³/mol. The van der Waals surface area contributed by atoms with Gasteiger partial charge in [-0.25, -0.2) is 0 Å². The van der Waals surface area contributed by atoms with Gasteiger partial charge < -0.3 is 5.73 Å². The monoisotopic (exact) mass is 253 g/mol. The molecule has 1 aromatic rings. The van der Waals surface area contributed by atoms with Crippen LogP contribution in [0.5, 0.6) is 0 Å². The second-order valence-corrected chi connectivity index (χ2v) is 5.10. The van der Waals surface area contributed by atoms with Crippen molar-refractivity contribution >= 4 is 15.9 Å². The molecule has 2 rings (SSSR count). The van der Waals surface area contributed by atoms with Crippen LogP contribution >= 0.6 is 15.9 Å². The zero-order chi connectivity index (χ0) is 10.1. The SMILES string of the molecule is CC1CC(CCN)c2cc(Br)ccc21. The van der Waals surface area contributed by atoms with E-state index in [9.17, 15) is 0 Å². The van der Waals surface area contributed by atoms with Crippen molar-refractivity contribution in [3.05, 3.63) is 33.8 Å². The van der Waals surface area contributed by atoms with Crippen molar-refractivity contribution in [1.29, 1.82) is 0 Å². The second kappa shape index (κ2) is 4.03. The molecule has 1 aromatic carbocycles. The lowest BCUT2D eigenvalue weighted by molar-refractivity contribution is 0.584. The lowest BCUT2D eigenvalue weighted by Gasteiger charge is -2.09. The number of benzene rings is 1. The molecule has 0 amide bonds. The first kappa shape index (κ1) is 10.2. The van der Waals surface area contributed by atoms with Crippen molar-refractivity contribution in [1.82, 2.24) is 0 Å². The van der Waals surface area contributed by atoms with Gasteiger partial charge in [-0.1, -0.05) is 28.9 Å². The van der Waals surface area contributed by atoms with E-state index in [1.54, 1.807) is 0 Å². The summed E-state index contributed by atoms with van der Waals surface area (Å²) < 4.78 is 1.19. The fraction of sp³-hybridized carbons (Fsp3) is 0.500. The molecule has 1 nitrogen and oxygen atoms in total. The molecule has 0 spiro atoms. The molecular weight excluding hydrogens is 238 g/mol. The van der Waals surface area contributed by atoms with Gasteiger partial charge in [0.2, 0.25) is 0 Å². The van der Waals surface area contributed by atoms with Crippen molar-refractivity contribution < 1.29 is 0 Å². The molecule has 0 heterocycles. The van der Waals surface area contributed by atoms with Crippen LogP contribution in [0.3, 0.4) is 0 Å². The van der Waals surface area contributed by atoms with Crippen LogP contribution < -0.4 is 5.73 Å². The van der Waals surface area contributed by atoms with E-state index in [2.05, 4.69) is 41.1 Å². The molecule has 1 aliphatic carbocycles. The highest BCUT2D eigenvalue weighted by Crippen LogP contribution is 2.43. The van der Waals surface area contributed by atoms with Gasteiger partial charge in [-0.2, -0.15) is 0 Å². The average Bonchev–Trinajstić information content (AvgIpc) is 2.44. The predicted octanol–water partition coefficient (Wildman–Crippen LogP) is 3.39. The molecule has 0 aliphatic heterocycles. The Kier molecular flexibility index (Phi) is 2.93. The van der Waals surface area contributed by atoms with E-state index in [0.29, 0.717) is 11.8 Å². The fourth-order valence-corrected chi connectivity index (χ4v) is 2.88. The summed E-state index contributed by atoms with van der Waals surface area (Å²) in [4.78, 5) is 0. The molecule has 0 radical (unpaired) electrons. The highest BCUT2D eigenvalue weighted by atomic mass is 79.9. The molecule has 0 bridgehead atoms. The minimum atomic E-state index is 0.683. The molecule has 76 valence electrons. The maximum Gasteiger partial charge on any atom is 0.0178 e. The molecule has 2 unspecified atom stereocenters. The van der Waals surface area contributed by atoms with Gasteiger partial charge in [0, 0.05) is 4.47 Å². The quantitative estimate of drug-likeness (QED) is 0.860. The van der Waals surface area contributed by atoms with Crippen LogP contribution in [0.4, 0.5) is 0 Å². The molecule has 2 heteroatoms. The zero-order valence-electron chi connectivity index (χ0n) is 8.46. The fourth-order valence-electron chi connectivity index (χ4n) is 2.50. The number of rotatable bonds is 2. The third kappa shape index (κ3) is 1.73. The summed E-state index contributed by atoms with van der Waals surface area (Å²) >= 11 is 3.53. The molecule has 14 heavy (non-hydrogen) atoms. The summed E-state index contributed by atoms with van der Waals surface area (Å²) in [5, 5.41) is 0. The lowest BCUT2D eigenvalue weighted by Crippen LogP contribution is -2.04. The molecule has 0 saturated carbocycles. The summed E-state index contributed by atoms with van der Waals surface area (Å²) in [6, 6.07) is 6.65. The highest BCUT2D eigenvalue weighted by Gasteiger charge is 2.27. The molecule has 0 saturated heterocycles. The Hall–Kier alpha value is -0.340. The largest absolute Gasteiger partial charge is 0.330 e. The van der Waals surface area contributed by atoms with Gasteiger partial charge in [0.1, 0.15) is 0 Å². The van der Waals surface area contributed by atoms with Crippen molar-refractivity contribution in [3.8, 4) is 0 Å². The Morgan fingerprint density at radius 3 is 2.93 bits per heavy atom. The average molecular weight is 254 g/mol. The van der Waals surface area contributed by atoms with Gasteiger partial charge in [-0.15, -0.1) is 0 Å². The number of hydrogen-bond donors (Lipinski definition) is 1. The summed E-state index contributed by atoms with van der Waals surface area (Å²) in [5.41, 5.74) is 8.67. The Morgan fingerprint density at radius 2 is 2.21 bits per heavy atom. The third-order valence-corrected chi connectivity index (χ3v) is 3.67. The number of halogens is 1. The maximum absolute atomic E-state index is 5.64. The smallest absolute Gasteiger partial charge is 0.0178 e. The Labute approximate surface area is 93.8 Å². The zero-order valence-corrected chi connectivity index (χ0v) is 10.0. The van der Waals surface area contributed by atoms with E-state index < -0.39 is 0 Å². The van der Waals surface area contributed by atoms with Crippen LogP contribution in [-0.4, -0.2) is 6.54 Å². The van der Waals surface area contributed by atoms with Crippen LogP contribution in [0.15, 0.2) is 22.7 Å². The minimum absolute atomic E-state index is 0.683. The normalized spacial score (nSPS) is 25.1. The Bertz CT molecular complexity index is 335. The molecule has 1 aliphatic rings. The van der Waals surface area contributed by atoms with Gasteiger partial charge in [-0.3, -0.25) is 0 Å².